The van der Waals surface area contributed by atoms with Gasteiger partial charge in [0, 0.05) is 10.8 Å². The molecule has 4 aliphatic carbocycles. The molecular weight excluding hydrogens is 552 g/mol. The molecule has 0 bridgehead atoms. The summed E-state index contributed by atoms with van der Waals surface area (Å²) < 4.78 is 0. The Hall–Kier alpha value is -3.04. The molecule has 0 amide bonds. The van der Waals surface area contributed by atoms with Gasteiger partial charge in [0.25, 0.3) is 0 Å². The summed E-state index contributed by atoms with van der Waals surface area (Å²) in [7, 11) is 0. The fourth-order valence-corrected chi connectivity index (χ4v) is 9.87. The van der Waals surface area contributed by atoms with Gasteiger partial charge in [-0.1, -0.05) is 78.2 Å². The zero-order valence-electron chi connectivity index (χ0n) is 27.9. The highest BCUT2D eigenvalue weighted by molar-refractivity contribution is 6.33. The number of hydrogen-bond donors (Lipinski definition) is 2. The maximum Gasteiger partial charge on any atom is 0.206 e. The first kappa shape index (κ1) is 32.4. The summed E-state index contributed by atoms with van der Waals surface area (Å²) >= 11 is 0. The van der Waals surface area contributed by atoms with Gasteiger partial charge < -0.3 is 10.2 Å². The van der Waals surface area contributed by atoms with Gasteiger partial charge in [0.1, 0.15) is 5.75 Å². The van der Waals surface area contributed by atoms with Crippen molar-refractivity contribution in [1.29, 1.82) is 0 Å². The third-order valence-electron chi connectivity index (χ3n) is 11.6. The van der Waals surface area contributed by atoms with Gasteiger partial charge in [0.2, 0.25) is 5.78 Å². The van der Waals surface area contributed by atoms with Gasteiger partial charge in [-0.15, -0.1) is 0 Å². The van der Waals surface area contributed by atoms with Crippen LogP contribution in [0.1, 0.15) is 134 Å². The van der Waals surface area contributed by atoms with Gasteiger partial charge in [-0.05, 0) is 86.8 Å². The molecule has 236 valence electrons. The predicted octanol–water partition coefficient (Wildman–Crippen LogP) is 6.67. The first-order valence-electron chi connectivity index (χ1n) is 16.3. The van der Waals surface area contributed by atoms with E-state index in [0.29, 0.717) is 17.6 Å². The van der Waals surface area contributed by atoms with Crippen LogP contribution in [-0.4, -0.2) is 38.9 Å². The van der Waals surface area contributed by atoms with E-state index < -0.39 is 51.4 Å². The van der Waals surface area contributed by atoms with E-state index in [-0.39, 0.29) is 40.6 Å². The number of aromatic hydroxyl groups is 1. The van der Waals surface area contributed by atoms with Crippen LogP contribution in [0, 0.1) is 45.8 Å². The fraction of sp³-hybridized carbons (Fsp3) is 0.632. The van der Waals surface area contributed by atoms with Gasteiger partial charge >= 0.3 is 0 Å². The van der Waals surface area contributed by atoms with Crippen molar-refractivity contribution in [3.63, 3.8) is 0 Å². The van der Waals surface area contributed by atoms with Gasteiger partial charge in [0.05, 0.1) is 22.6 Å². The lowest BCUT2D eigenvalue weighted by Crippen LogP contribution is -2.73. The number of ketones is 4. The molecule has 4 aliphatic rings. The van der Waals surface area contributed by atoms with Gasteiger partial charge in [0.15, 0.2) is 23.0 Å². The minimum Gasteiger partial charge on any atom is -0.506 e. The van der Waals surface area contributed by atoms with Crippen molar-refractivity contribution in [2.24, 2.45) is 34.0 Å². The second-order valence-corrected chi connectivity index (χ2v) is 15.7. The van der Waals surface area contributed by atoms with Gasteiger partial charge in [-0.25, -0.2) is 0 Å². The lowest BCUT2D eigenvalue weighted by Gasteiger charge is -2.62. The van der Waals surface area contributed by atoms with Crippen LogP contribution in [0.3, 0.4) is 0 Å². The molecule has 0 spiro atoms. The highest BCUT2D eigenvalue weighted by Crippen LogP contribution is 2.65. The summed E-state index contributed by atoms with van der Waals surface area (Å²) in [4.78, 5) is 56.0. The Morgan fingerprint density at radius 2 is 1.64 bits per heavy atom. The summed E-state index contributed by atoms with van der Waals surface area (Å²) in [5.74, 6) is 1.70. The molecule has 1 aromatic rings. The van der Waals surface area contributed by atoms with Gasteiger partial charge in [-0.3, -0.25) is 19.2 Å². The second-order valence-electron chi connectivity index (χ2n) is 15.7. The van der Waals surface area contributed by atoms with E-state index in [9.17, 15) is 29.4 Å². The van der Waals surface area contributed by atoms with E-state index in [1.54, 1.807) is 13.8 Å². The van der Waals surface area contributed by atoms with Crippen LogP contribution in [0.4, 0.5) is 0 Å². The molecule has 2 saturated carbocycles. The predicted molar refractivity (Wildman–Crippen MR) is 169 cm³/mol. The molecule has 2 N–H and O–H groups in total. The standard InChI is InChI=1S/C38H48O6/c1-20(2)25-17-24(13-16-35(7)14-11-10-12-15-35)31(40)28-26(25)18-36(8)19-37(9)29(21(3)4)22(5)27(23(6)39)33(42)38(37,44)34(43)30(36)32(28)41/h17,20-21,29-30,40,44H,10-12,14-15,18-19H2,1-9H3/t29-,30?,36+,37+,38-/m1/s1. The Bertz CT molecular complexity index is 1570. The number of rotatable bonds is 3. The normalized spacial score (nSPS) is 33.0. The number of phenolic OH excluding ortho intramolecular Hbond substituents is 1. The number of hydrogen-bond acceptors (Lipinski definition) is 6. The largest absolute Gasteiger partial charge is 0.506 e. The maximum absolute atomic E-state index is 14.7. The Balaban J connectivity index is 1.71. The summed E-state index contributed by atoms with van der Waals surface area (Å²) in [6.07, 6.45) is 5.94. The fourth-order valence-electron chi connectivity index (χ4n) is 9.87. The molecule has 5 atom stereocenters. The smallest absolute Gasteiger partial charge is 0.206 e. The molecule has 0 aliphatic heterocycles. The summed E-state index contributed by atoms with van der Waals surface area (Å²) in [5.41, 5.74) is -2.31. The first-order valence-corrected chi connectivity index (χ1v) is 16.3. The van der Waals surface area contributed by atoms with Crippen molar-refractivity contribution >= 4 is 23.1 Å². The van der Waals surface area contributed by atoms with Crippen LogP contribution in [-0.2, 0) is 20.8 Å². The quantitative estimate of drug-likeness (QED) is 0.228. The van der Waals surface area contributed by atoms with Crippen LogP contribution < -0.4 is 0 Å². The van der Waals surface area contributed by atoms with Crippen molar-refractivity contribution in [2.75, 3.05) is 0 Å². The SMILES string of the molecule is CC(=O)C1=C(C)[C@@H](C(C)C)[C@]2(C)C[C@]3(C)Cc4c(C(C)C)cc(C#CC5(C)CCCCC5)c(O)c4C(=O)C3C(=O)[C@]2(O)C1=O. The molecule has 6 heteroatoms. The van der Waals surface area contributed by atoms with Crippen LogP contribution >= 0.6 is 0 Å². The Labute approximate surface area is 262 Å². The molecule has 1 aromatic carbocycles. The van der Waals surface area contributed by atoms with Crippen molar-refractivity contribution in [3.8, 4) is 17.6 Å². The number of fused-ring (bicyclic) bond motifs is 3. The van der Waals surface area contributed by atoms with Crippen LogP contribution in [0.25, 0.3) is 0 Å². The molecule has 0 aromatic heterocycles. The highest BCUT2D eigenvalue weighted by atomic mass is 16.3. The number of aliphatic hydroxyl groups is 1. The van der Waals surface area contributed by atoms with Crippen molar-refractivity contribution < 1.29 is 29.4 Å². The van der Waals surface area contributed by atoms with E-state index in [1.807, 2.05) is 40.7 Å². The van der Waals surface area contributed by atoms with Crippen LogP contribution in [0.15, 0.2) is 17.2 Å². The number of allylic oxidation sites excluding steroid dienone is 1. The van der Waals surface area contributed by atoms with Crippen LogP contribution in [0.2, 0.25) is 0 Å². The van der Waals surface area contributed by atoms with E-state index in [0.717, 1.165) is 36.8 Å². The number of carbonyl (C=O) groups is 4. The zero-order chi connectivity index (χ0) is 32.7. The molecule has 44 heavy (non-hydrogen) atoms. The molecule has 2 fully saturated rings. The summed E-state index contributed by atoms with van der Waals surface area (Å²) in [6.45, 7) is 16.9. The van der Waals surface area contributed by atoms with E-state index in [1.165, 1.54) is 13.3 Å². The minimum absolute atomic E-state index is 0.0258. The highest BCUT2D eigenvalue weighted by Gasteiger charge is 2.73. The third-order valence-corrected chi connectivity index (χ3v) is 11.6. The van der Waals surface area contributed by atoms with E-state index in [2.05, 4.69) is 18.8 Å². The van der Waals surface area contributed by atoms with Crippen LogP contribution in [0.5, 0.6) is 5.75 Å². The Morgan fingerprint density at radius 3 is 2.18 bits per heavy atom. The monoisotopic (exact) mass is 600 g/mol. The maximum atomic E-state index is 14.7. The average Bonchev–Trinajstić information content (AvgIpc) is 2.90. The zero-order valence-corrected chi connectivity index (χ0v) is 27.9. The summed E-state index contributed by atoms with van der Waals surface area (Å²) in [5, 5.41) is 24.0. The number of phenols is 1. The molecule has 0 heterocycles. The Morgan fingerprint density at radius 1 is 1.02 bits per heavy atom. The summed E-state index contributed by atoms with van der Waals surface area (Å²) in [6, 6.07) is 1.91. The molecule has 0 radical (unpaired) electrons. The molecule has 1 unspecified atom stereocenters. The average molecular weight is 601 g/mol. The third kappa shape index (κ3) is 4.40. The van der Waals surface area contributed by atoms with Crippen molar-refractivity contribution in [2.45, 2.75) is 119 Å². The topological polar surface area (TPSA) is 109 Å². The molecular formula is C38H48O6. The van der Waals surface area contributed by atoms with Gasteiger partial charge in [-0.2, -0.15) is 0 Å². The molecule has 0 saturated heterocycles. The van der Waals surface area contributed by atoms with E-state index >= 15 is 0 Å². The van der Waals surface area contributed by atoms with E-state index in [4.69, 9.17) is 0 Å². The lowest BCUT2D eigenvalue weighted by molar-refractivity contribution is -0.192. The van der Waals surface area contributed by atoms with Crippen molar-refractivity contribution in [1.82, 2.24) is 0 Å². The number of Topliss-reactive ketones (excluding diaryl/α,β-unsaturated/α-hetero) is 4. The molecule has 5 rings (SSSR count). The first-order chi connectivity index (χ1) is 20.3. The van der Waals surface area contributed by atoms with Crippen molar-refractivity contribution in [3.05, 3.63) is 39.5 Å². The minimum atomic E-state index is -2.54. The lowest BCUT2D eigenvalue weighted by atomic mass is 9.40. The second kappa shape index (κ2) is 10.5. The molecule has 6 nitrogen and oxygen atoms in total. The number of carbonyl (C=O) groups excluding carboxylic acids is 4. The Kier molecular flexibility index (Phi) is 7.73. The number of benzene rings is 1.